The minimum Gasteiger partial charge on any atom is -0.495 e. The number of anilines is 2. The Hall–Kier alpha value is -2.25. The van der Waals surface area contributed by atoms with E-state index >= 15 is 0 Å². The summed E-state index contributed by atoms with van der Waals surface area (Å²) in [6, 6.07) is 8.44. The molecule has 0 spiro atoms. The second kappa shape index (κ2) is 8.56. The van der Waals surface area contributed by atoms with Crippen LogP contribution in [-0.2, 0) is 9.59 Å². The van der Waals surface area contributed by atoms with Gasteiger partial charge in [-0.2, -0.15) is 0 Å². The second-order valence-corrected chi connectivity index (χ2v) is 6.09. The molecule has 1 aromatic carbocycles. The second-order valence-electron chi connectivity index (χ2n) is 4.72. The number of carbonyl (C=O) groups is 2. The molecular weight excluding hydrogens is 350 g/mol. The van der Waals surface area contributed by atoms with Gasteiger partial charge in [-0.25, -0.2) is 4.98 Å². The normalized spacial score (nSPS) is 10.1. The number of nitrogens with zero attached hydrogens (tertiary/aromatic N) is 1. The van der Waals surface area contributed by atoms with Crippen LogP contribution in [0.25, 0.3) is 0 Å². The van der Waals surface area contributed by atoms with E-state index in [9.17, 15) is 9.59 Å². The van der Waals surface area contributed by atoms with Crippen molar-refractivity contribution in [1.82, 2.24) is 4.98 Å². The Morgan fingerprint density at radius 3 is 2.75 bits per heavy atom. The van der Waals surface area contributed by atoms with Gasteiger partial charge in [0.05, 0.1) is 23.6 Å². The van der Waals surface area contributed by atoms with Gasteiger partial charge < -0.3 is 15.4 Å². The van der Waals surface area contributed by atoms with Crippen LogP contribution in [0.2, 0.25) is 5.02 Å². The lowest BCUT2D eigenvalue weighted by molar-refractivity contribution is -0.114. The highest BCUT2D eigenvalue weighted by Gasteiger charge is 2.11. The van der Waals surface area contributed by atoms with Crippen molar-refractivity contribution < 1.29 is 14.3 Å². The van der Waals surface area contributed by atoms with Crippen molar-refractivity contribution in [3.05, 3.63) is 41.6 Å². The van der Waals surface area contributed by atoms with Gasteiger partial charge in [0.2, 0.25) is 11.8 Å². The minimum absolute atomic E-state index is 0.143. The molecule has 2 aromatic rings. The monoisotopic (exact) mass is 365 g/mol. The number of nitrogens with one attached hydrogen (secondary N) is 2. The number of methoxy groups -OCH3 is 1. The molecule has 0 aliphatic rings. The van der Waals surface area contributed by atoms with Crippen LogP contribution in [-0.4, -0.2) is 29.7 Å². The summed E-state index contributed by atoms with van der Waals surface area (Å²) in [6.45, 7) is 1.41. The number of hydrogen-bond acceptors (Lipinski definition) is 5. The lowest BCUT2D eigenvalue weighted by atomic mass is 10.2. The van der Waals surface area contributed by atoms with Crippen molar-refractivity contribution in [2.24, 2.45) is 0 Å². The van der Waals surface area contributed by atoms with Gasteiger partial charge in [0.15, 0.2) is 0 Å². The highest BCUT2D eigenvalue weighted by Crippen LogP contribution is 2.29. The largest absolute Gasteiger partial charge is 0.495 e. The fourth-order valence-electron chi connectivity index (χ4n) is 1.88. The summed E-state index contributed by atoms with van der Waals surface area (Å²) < 4.78 is 5.22. The maximum atomic E-state index is 12.2. The third-order valence-corrected chi connectivity index (χ3v) is 4.28. The summed E-state index contributed by atoms with van der Waals surface area (Å²) in [6.07, 6.45) is 1.62. The first-order valence-electron chi connectivity index (χ1n) is 6.98. The minimum atomic E-state index is -0.236. The van der Waals surface area contributed by atoms with Crippen LogP contribution in [0, 0.1) is 0 Å². The highest BCUT2D eigenvalue weighted by atomic mass is 35.5. The van der Waals surface area contributed by atoms with E-state index < -0.39 is 0 Å². The molecule has 8 heteroatoms. The number of benzene rings is 1. The van der Waals surface area contributed by atoms with Crippen LogP contribution < -0.4 is 15.4 Å². The molecule has 24 heavy (non-hydrogen) atoms. The standard InChI is InChI=1S/C16H16ClN3O3S/c1-10(21)19-11-5-6-14(23-2)13(8-11)20-15(22)9-24-16-12(17)4-3-7-18-16/h3-8H,9H2,1-2H3,(H,19,21)(H,20,22). The Kier molecular flexibility index (Phi) is 6.45. The molecule has 0 fully saturated rings. The predicted molar refractivity (Wildman–Crippen MR) is 95.9 cm³/mol. The third kappa shape index (κ3) is 5.14. The van der Waals surface area contributed by atoms with Gasteiger partial charge >= 0.3 is 0 Å². The zero-order valence-corrected chi connectivity index (χ0v) is 14.7. The Bertz CT molecular complexity index is 755. The molecule has 0 aliphatic carbocycles. The molecule has 0 aliphatic heterocycles. The molecule has 0 atom stereocenters. The molecule has 1 heterocycles. The van der Waals surface area contributed by atoms with Crippen molar-refractivity contribution >= 4 is 46.6 Å². The highest BCUT2D eigenvalue weighted by molar-refractivity contribution is 8.00. The summed E-state index contributed by atoms with van der Waals surface area (Å²) in [5, 5.41) is 6.51. The Morgan fingerprint density at radius 1 is 1.29 bits per heavy atom. The van der Waals surface area contributed by atoms with Crippen molar-refractivity contribution in [3.63, 3.8) is 0 Å². The summed E-state index contributed by atoms with van der Waals surface area (Å²) in [5.74, 6) is 0.209. The van der Waals surface area contributed by atoms with Crippen LogP contribution in [0.5, 0.6) is 5.75 Å². The van der Waals surface area contributed by atoms with Gasteiger partial charge in [-0.3, -0.25) is 9.59 Å². The van der Waals surface area contributed by atoms with Gasteiger partial charge in [-0.15, -0.1) is 0 Å². The average molecular weight is 366 g/mol. The molecule has 0 bridgehead atoms. The van der Waals surface area contributed by atoms with E-state index in [1.165, 1.54) is 25.8 Å². The Balaban J connectivity index is 2.04. The molecule has 0 unspecified atom stereocenters. The molecule has 6 nitrogen and oxygen atoms in total. The first kappa shape index (κ1) is 18.1. The molecule has 0 saturated carbocycles. The lowest BCUT2D eigenvalue weighted by Crippen LogP contribution is -2.15. The zero-order valence-electron chi connectivity index (χ0n) is 13.1. The van der Waals surface area contributed by atoms with Crippen LogP contribution in [0.1, 0.15) is 6.92 Å². The molecule has 2 rings (SSSR count). The van der Waals surface area contributed by atoms with Crippen LogP contribution in [0.15, 0.2) is 41.6 Å². The molecule has 2 amide bonds. The van der Waals surface area contributed by atoms with Crippen molar-refractivity contribution in [3.8, 4) is 5.75 Å². The summed E-state index contributed by atoms with van der Waals surface area (Å²) in [5.41, 5.74) is 1.04. The van der Waals surface area contributed by atoms with Crippen LogP contribution in [0.3, 0.4) is 0 Å². The number of aromatic nitrogens is 1. The number of thioether (sulfide) groups is 1. The van der Waals surface area contributed by atoms with Gasteiger partial charge in [-0.05, 0) is 30.3 Å². The van der Waals surface area contributed by atoms with Gasteiger partial charge in [-0.1, -0.05) is 23.4 Å². The van der Waals surface area contributed by atoms with E-state index in [-0.39, 0.29) is 17.6 Å². The Labute approximate surface area is 148 Å². The van der Waals surface area contributed by atoms with Crippen molar-refractivity contribution in [2.45, 2.75) is 11.9 Å². The molecular formula is C16H16ClN3O3S. The number of ether oxygens (including phenoxy) is 1. The van der Waals surface area contributed by atoms with Gasteiger partial charge in [0.1, 0.15) is 10.8 Å². The number of rotatable bonds is 6. The third-order valence-electron chi connectivity index (χ3n) is 2.86. The number of carbonyl (C=O) groups excluding carboxylic acids is 2. The number of pyridine rings is 1. The smallest absolute Gasteiger partial charge is 0.234 e. The van der Waals surface area contributed by atoms with E-state index in [1.807, 2.05) is 0 Å². The van der Waals surface area contributed by atoms with E-state index in [4.69, 9.17) is 16.3 Å². The molecule has 1 aromatic heterocycles. The van der Waals surface area contributed by atoms with Crippen molar-refractivity contribution in [1.29, 1.82) is 0 Å². The van der Waals surface area contributed by atoms with Crippen molar-refractivity contribution in [2.75, 3.05) is 23.5 Å². The van der Waals surface area contributed by atoms with Gasteiger partial charge in [0, 0.05) is 18.8 Å². The summed E-state index contributed by atoms with van der Waals surface area (Å²) in [7, 11) is 1.51. The first-order chi connectivity index (χ1) is 11.5. The fraction of sp³-hybridized carbons (Fsp3) is 0.188. The SMILES string of the molecule is COc1ccc(NC(C)=O)cc1NC(=O)CSc1ncccc1Cl. The summed E-state index contributed by atoms with van der Waals surface area (Å²) in [4.78, 5) is 27.4. The van der Waals surface area contributed by atoms with Crippen LogP contribution >= 0.6 is 23.4 Å². The lowest BCUT2D eigenvalue weighted by Gasteiger charge is -2.12. The number of amides is 2. The maximum absolute atomic E-state index is 12.2. The molecule has 126 valence electrons. The molecule has 2 N–H and O–H groups in total. The summed E-state index contributed by atoms with van der Waals surface area (Å²) >= 11 is 7.25. The number of hydrogen-bond donors (Lipinski definition) is 2. The predicted octanol–water partition coefficient (Wildman–Crippen LogP) is 3.43. The quantitative estimate of drug-likeness (QED) is 0.766. The molecule has 0 saturated heterocycles. The van der Waals surface area contributed by atoms with Crippen LogP contribution in [0.4, 0.5) is 11.4 Å². The first-order valence-corrected chi connectivity index (χ1v) is 8.34. The van der Waals surface area contributed by atoms with Gasteiger partial charge in [0.25, 0.3) is 0 Å². The number of halogens is 1. The maximum Gasteiger partial charge on any atom is 0.234 e. The zero-order chi connectivity index (χ0) is 17.5. The van der Waals surface area contributed by atoms with E-state index in [0.29, 0.717) is 27.2 Å². The Morgan fingerprint density at radius 2 is 2.08 bits per heavy atom. The van der Waals surface area contributed by atoms with E-state index in [0.717, 1.165) is 0 Å². The average Bonchev–Trinajstić information content (AvgIpc) is 2.54. The fourth-order valence-corrected chi connectivity index (χ4v) is 2.85. The van der Waals surface area contributed by atoms with E-state index in [2.05, 4.69) is 15.6 Å². The molecule has 0 radical (unpaired) electrons. The van der Waals surface area contributed by atoms with E-state index in [1.54, 1.807) is 36.5 Å². The topological polar surface area (TPSA) is 80.3 Å².